The maximum absolute atomic E-state index is 12.1. The van der Waals surface area contributed by atoms with Gasteiger partial charge in [-0.2, -0.15) is 5.26 Å². The molecule has 2 aromatic rings. The summed E-state index contributed by atoms with van der Waals surface area (Å²) in [5.41, 5.74) is 1.38. The number of nitrogens with zero attached hydrogens (tertiary/aromatic N) is 2. The summed E-state index contributed by atoms with van der Waals surface area (Å²) in [6, 6.07) is 10.2. The van der Waals surface area contributed by atoms with E-state index >= 15 is 0 Å². The van der Waals surface area contributed by atoms with E-state index in [0.29, 0.717) is 34.2 Å². The number of nitrogens with one attached hydrogen (secondary N) is 2. The van der Waals surface area contributed by atoms with E-state index in [-0.39, 0.29) is 5.91 Å². The molecular formula is C15H13ClN4O. The maximum atomic E-state index is 12.1. The minimum absolute atomic E-state index is 0.331. The van der Waals surface area contributed by atoms with Crippen LogP contribution >= 0.6 is 11.6 Å². The van der Waals surface area contributed by atoms with Gasteiger partial charge in [-0.25, -0.2) is 4.98 Å². The molecule has 1 aromatic carbocycles. The Kier molecular flexibility index (Phi) is 4.75. The molecule has 0 aliphatic carbocycles. The Bertz CT molecular complexity index is 709. The summed E-state index contributed by atoms with van der Waals surface area (Å²) in [5.74, 6) is 0.213. The normalized spacial score (nSPS) is 9.76. The molecule has 0 aliphatic rings. The Morgan fingerprint density at radius 2 is 2.24 bits per heavy atom. The zero-order valence-corrected chi connectivity index (χ0v) is 12.1. The number of anilines is 2. The van der Waals surface area contributed by atoms with Crippen LogP contribution in [0.25, 0.3) is 0 Å². The highest BCUT2D eigenvalue weighted by Crippen LogP contribution is 2.20. The zero-order valence-electron chi connectivity index (χ0n) is 11.4. The van der Waals surface area contributed by atoms with Crippen LogP contribution in [0.15, 0.2) is 36.5 Å². The lowest BCUT2D eigenvalue weighted by atomic mass is 10.2. The van der Waals surface area contributed by atoms with Crippen molar-refractivity contribution >= 4 is 29.0 Å². The summed E-state index contributed by atoms with van der Waals surface area (Å²) in [4.78, 5) is 16.2. The van der Waals surface area contributed by atoms with E-state index in [0.717, 1.165) is 0 Å². The second kappa shape index (κ2) is 6.73. The number of hydrogen-bond donors (Lipinski definition) is 2. The third kappa shape index (κ3) is 3.71. The van der Waals surface area contributed by atoms with Crippen molar-refractivity contribution in [2.24, 2.45) is 0 Å². The molecule has 0 unspecified atom stereocenters. The molecule has 1 aromatic heterocycles. The smallest absolute Gasteiger partial charge is 0.257 e. The second-order valence-electron chi connectivity index (χ2n) is 4.23. The molecule has 21 heavy (non-hydrogen) atoms. The molecule has 2 rings (SSSR count). The first-order chi connectivity index (χ1) is 10.1. The third-order valence-corrected chi connectivity index (χ3v) is 2.99. The first-order valence-corrected chi connectivity index (χ1v) is 6.72. The fourth-order valence-electron chi connectivity index (χ4n) is 1.73. The van der Waals surface area contributed by atoms with Crippen molar-refractivity contribution in [1.82, 2.24) is 4.98 Å². The van der Waals surface area contributed by atoms with Crippen LogP contribution in [0.1, 0.15) is 22.8 Å². The van der Waals surface area contributed by atoms with Gasteiger partial charge >= 0.3 is 0 Å². The number of aromatic nitrogens is 1. The molecule has 0 bridgehead atoms. The van der Waals surface area contributed by atoms with Crippen molar-refractivity contribution in [3.63, 3.8) is 0 Å². The number of amides is 1. The van der Waals surface area contributed by atoms with Crippen molar-refractivity contribution in [1.29, 1.82) is 5.26 Å². The molecule has 106 valence electrons. The topological polar surface area (TPSA) is 77.8 Å². The SMILES string of the molecule is CCNc1ncc(C(=O)Nc2cccc(C#N)c2)cc1Cl. The largest absolute Gasteiger partial charge is 0.369 e. The quantitative estimate of drug-likeness (QED) is 0.908. The summed E-state index contributed by atoms with van der Waals surface area (Å²) in [6.45, 7) is 2.63. The molecule has 0 spiro atoms. The lowest BCUT2D eigenvalue weighted by Gasteiger charge is -2.08. The molecule has 1 heterocycles. The van der Waals surface area contributed by atoms with Crippen LogP contribution in [-0.4, -0.2) is 17.4 Å². The summed E-state index contributed by atoms with van der Waals surface area (Å²) in [6.07, 6.45) is 1.45. The number of carbonyl (C=O) groups excluding carboxylic acids is 1. The molecule has 0 fully saturated rings. The standard InChI is InChI=1S/C15H13ClN4O/c1-2-18-14-13(16)7-11(9-19-14)15(21)20-12-5-3-4-10(6-12)8-17/h3-7,9H,2H2,1H3,(H,18,19)(H,20,21). The number of benzene rings is 1. The fraction of sp³-hybridized carbons (Fsp3) is 0.133. The number of rotatable bonds is 4. The number of nitriles is 1. The number of hydrogen-bond acceptors (Lipinski definition) is 4. The van der Waals surface area contributed by atoms with Crippen molar-refractivity contribution in [3.8, 4) is 6.07 Å². The van der Waals surface area contributed by atoms with Crippen LogP contribution in [-0.2, 0) is 0 Å². The van der Waals surface area contributed by atoms with Crippen molar-refractivity contribution < 1.29 is 4.79 Å². The summed E-state index contributed by atoms with van der Waals surface area (Å²) in [5, 5.41) is 14.9. The molecule has 1 amide bonds. The molecule has 0 aliphatic heterocycles. The summed E-state index contributed by atoms with van der Waals surface area (Å²) >= 11 is 6.05. The fourth-order valence-corrected chi connectivity index (χ4v) is 1.96. The van der Waals surface area contributed by atoms with Gasteiger partial charge in [0.05, 0.1) is 22.2 Å². The van der Waals surface area contributed by atoms with Gasteiger partial charge in [-0.05, 0) is 31.2 Å². The van der Waals surface area contributed by atoms with E-state index in [9.17, 15) is 4.79 Å². The number of halogens is 1. The average molecular weight is 301 g/mol. The first kappa shape index (κ1) is 14.8. The minimum Gasteiger partial charge on any atom is -0.369 e. The first-order valence-electron chi connectivity index (χ1n) is 6.35. The Morgan fingerprint density at radius 3 is 2.90 bits per heavy atom. The number of carbonyl (C=O) groups is 1. The van der Waals surface area contributed by atoms with E-state index in [4.69, 9.17) is 16.9 Å². The van der Waals surface area contributed by atoms with Gasteiger partial charge in [0.1, 0.15) is 5.82 Å². The molecule has 5 nitrogen and oxygen atoms in total. The Balaban J connectivity index is 2.16. The van der Waals surface area contributed by atoms with Crippen LogP contribution < -0.4 is 10.6 Å². The van der Waals surface area contributed by atoms with E-state index < -0.39 is 0 Å². The molecule has 6 heteroatoms. The molecule has 0 saturated carbocycles. The lowest BCUT2D eigenvalue weighted by Crippen LogP contribution is -2.13. The summed E-state index contributed by atoms with van der Waals surface area (Å²) < 4.78 is 0. The van der Waals surface area contributed by atoms with Crippen molar-refractivity contribution in [3.05, 3.63) is 52.7 Å². The predicted molar refractivity (Wildman–Crippen MR) is 82.5 cm³/mol. The Labute approximate surface area is 127 Å². The highest BCUT2D eigenvalue weighted by molar-refractivity contribution is 6.33. The highest BCUT2D eigenvalue weighted by atomic mass is 35.5. The molecule has 0 radical (unpaired) electrons. The van der Waals surface area contributed by atoms with Crippen LogP contribution in [0.2, 0.25) is 5.02 Å². The maximum Gasteiger partial charge on any atom is 0.257 e. The molecular weight excluding hydrogens is 288 g/mol. The Morgan fingerprint density at radius 1 is 1.43 bits per heavy atom. The van der Waals surface area contributed by atoms with Gasteiger partial charge in [0.2, 0.25) is 0 Å². The van der Waals surface area contributed by atoms with Gasteiger partial charge in [0, 0.05) is 18.4 Å². The van der Waals surface area contributed by atoms with E-state index in [1.54, 1.807) is 30.3 Å². The molecule has 2 N–H and O–H groups in total. The minimum atomic E-state index is -0.331. The van der Waals surface area contributed by atoms with Gasteiger partial charge in [0.25, 0.3) is 5.91 Å². The van der Waals surface area contributed by atoms with Crippen molar-refractivity contribution in [2.75, 3.05) is 17.2 Å². The third-order valence-electron chi connectivity index (χ3n) is 2.70. The highest BCUT2D eigenvalue weighted by Gasteiger charge is 2.10. The van der Waals surface area contributed by atoms with Gasteiger partial charge in [-0.1, -0.05) is 17.7 Å². The van der Waals surface area contributed by atoms with Gasteiger partial charge in [-0.3, -0.25) is 4.79 Å². The van der Waals surface area contributed by atoms with Crippen molar-refractivity contribution in [2.45, 2.75) is 6.92 Å². The van der Waals surface area contributed by atoms with E-state index in [2.05, 4.69) is 15.6 Å². The van der Waals surface area contributed by atoms with Crippen LogP contribution in [0, 0.1) is 11.3 Å². The lowest BCUT2D eigenvalue weighted by molar-refractivity contribution is 0.102. The van der Waals surface area contributed by atoms with Gasteiger partial charge in [0.15, 0.2) is 0 Å². The second-order valence-corrected chi connectivity index (χ2v) is 4.64. The summed E-state index contributed by atoms with van der Waals surface area (Å²) in [7, 11) is 0. The Hall–Kier alpha value is -2.58. The van der Waals surface area contributed by atoms with Crippen LogP contribution in [0.5, 0.6) is 0 Å². The molecule has 0 saturated heterocycles. The van der Waals surface area contributed by atoms with Crippen LogP contribution in [0.4, 0.5) is 11.5 Å². The predicted octanol–water partition coefficient (Wildman–Crippen LogP) is 3.29. The van der Waals surface area contributed by atoms with E-state index in [1.807, 2.05) is 13.0 Å². The van der Waals surface area contributed by atoms with Gasteiger partial charge < -0.3 is 10.6 Å². The zero-order chi connectivity index (χ0) is 15.2. The van der Waals surface area contributed by atoms with E-state index in [1.165, 1.54) is 6.20 Å². The molecule has 0 atom stereocenters. The number of pyridine rings is 1. The average Bonchev–Trinajstić information content (AvgIpc) is 2.49. The van der Waals surface area contributed by atoms with Crippen LogP contribution in [0.3, 0.4) is 0 Å². The monoisotopic (exact) mass is 300 g/mol. The van der Waals surface area contributed by atoms with Gasteiger partial charge in [-0.15, -0.1) is 0 Å².